The third-order valence-electron chi connectivity index (χ3n) is 2.42. The van der Waals surface area contributed by atoms with Gasteiger partial charge in [-0.05, 0) is 93.6 Å². The van der Waals surface area contributed by atoms with Crippen LogP contribution < -0.4 is 0 Å². The molecule has 0 aliphatic carbocycles. The van der Waals surface area contributed by atoms with Gasteiger partial charge in [0.2, 0.25) is 0 Å². The van der Waals surface area contributed by atoms with E-state index in [1.165, 1.54) is 18.3 Å². The first kappa shape index (κ1) is 12.6. The molecule has 0 atom stereocenters. The van der Waals surface area contributed by atoms with E-state index in [0.717, 1.165) is 10.6 Å². The maximum absolute atomic E-state index is 6.25. The second-order valence-corrected chi connectivity index (χ2v) is 6.48. The molecule has 0 saturated heterocycles. The van der Waals surface area contributed by atoms with Crippen LogP contribution in [0.4, 0.5) is 0 Å². The molecule has 0 aromatic heterocycles. The molecule has 2 rings (SSSR count). The topological polar surface area (TPSA) is 0 Å². The first-order valence-corrected chi connectivity index (χ1v) is 7.33. The van der Waals surface area contributed by atoms with Gasteiger partial charge in [-0.3, -0.25) is 0 Å². The lowest BCUT2D eigenvalue weighted by Gasteiger charge is -2.09. The van der Waals surface area contributed by atoms with Crippen LogP contribution in [0.3, 0.4) is 0 Å². The van der Waals surface area contributed by atoms with Gasteiger partial charge < -0.3 is 0 Å². The van der Waals surface area contributed by atoms with Gasteiger partial charge in [0.25, 0.3) is 0 Å². The lowest BCUT2D eigenvalue weighted by Crippen LogP contribution is -1.87. The summed E-state index contributed by atoms with van der Waals surface area (Å²) in [7, 11) is 0. The van der Waals surface area contributed by atoms with Gasteiger partial charge in [-0.25, -0.2) is 0 Å². The van der Waals surface area contributed by atoms with Gasteiger partial charge in [0.1, 0.15) is 0 Å². The average Bonchev–Trinajstić information content (AvgIpc) is 2.25. The van der Waals surface area contributed by atoms with Crippen LogP contribution in [0, 0.1) is 14.1 Å². The minimum atomic E-state index is 0.811. The van der Waals surface area contributed by atoms with E-state index in [1.807, 2.05) is 12.1 Å². The molecule has 0 radical (unpaired) electrons. The summed E-state index contributed by atoms with van der Waals surface area (Å²) in [6.07, 6.45) is 0. The van der Waals surface area contributed by atoms with E-state index >= 15 is 0 Å². The number of hydrogen-bond donors (Lipinski definition) is 0. The Balaban J connectivity index is 2.66. The fourth-order valence-corrected chi connectivity index (χ4v) is 2.79. The molecule has 0 N–H and O–H groups in total. The van der Waals surface area contributed by atoms with E-state index in [9.17, 15) is 0 Å². The zero-order valence-corrected chi connectivity index (χ0v) is 13.7. The Labute approximate surface area is 128 Å². The third-order valence-corrected chi connectivity index (χ3v) is 4.09. The summed E-state index contributed by atoms with van der Waals surface area (Å²) < 4.78 is 2.43. The molecule has 2 aromatic carbocycles. The maximum atomic E-state index is 6.25. The Morgan fingerprint density at radius 1 is 0.875 bits per heavy atom. The zero-order chi connectivity index (χ0) is 11.7. The lowest BCUT2D eigenvalue weighted by molar-refractivity contribution is 1.44. The minimum Gasteiger partial charge on any atom is -0.0837 e. The van der Waals surface area contributed by atoms with Crippen molar-refractivity contribution in [2.45, 2.75) is 6.92 Å². The van der Waals surface area contributed by atoms with Crippen molar-refractivity contribution in [2.24, 2.45) is 0 Å². The molecule has 0 spiro atoms. The molecule has 0 unspecified atom stereocenters. The molecular weight excluding hydrogens is 445 g/mol. The Hall–Kier alpha value is 0.190. The molecule has 0 aliphatic rings. The monoisotopic (exact) mass is 454 g/mol. The molecule has 3 heteroatoms. The van der Waals surface area contributed by atoms with Crippen molar-refractivity contribution in [1.29, 1.82) is 0 Å². The highest BCUT2D eigenvalue weighted by Gasteiger charge is 2.07. The van der Waals surface area contributed by atoms with Crippen molar-refractivity contribution in [3.63, 3.8) is 0 Å². The summed E-state index contributed by atoms with van der Waals surface area (Å²) in [5.41, 5.74) is 3.59. The fourth-order valence-electron chi connectivity index (χ4n) is 1.59. The number of benzene rings is 2. The van der Waals surface area contributed by atoms with Crippen LogP contribution in [0.5, 0.6) is 0 Å². The second kappa shape index (κ2) is 5.23. The van der Waals surface area contributed by atoms with Gasteiger partial charge in [-0.2, -0.15) is 0 Å². The molecule has 2 aromatic rings. The van der Waals surface area contributed by atoms with Crippen LogP contribution in [0.2, 0.25) is 5.02 Å². The van der Waals surface area contributed by atoms with E-state index in [-0.39, 0.29) is 0 Å². The summed E-state index contributed by atoms with van der Waals surface area (Å²) in [5.74, 6) is 0. The fraction of sp³-hybridized carbons (Fsp3) is 0.0769. The van der Waals surface area contributed by atoms with Crippen molar-refractivity contribution in [1.82, 2.24) is 0 Å². The van der Waals surface area contributed by atoms with Crippen molar-refractivity contribution in [3.8, 4) is 11.1 Å². The molecule has 0 aliphatic heterocycles. The summed E-state index contributed by atoms with van der Waals surface area (Å²) in [6.45, 7) is 2.11. The van der Waals surface area contributed by atoms with Crippen LogP contribution in [0.15, 0.2) is 36.4 Å². The highest BCUT2D eigenvalue weighted by Crippen LogP contribution is 2.32. The average molecular weight is 454 g/mol. The molecular formula is C13H9ClI2. The molecule has 0 heterocycles. The van der Waals surface area contributed by atoms with Crippen molar-refractivity contribution in [3.05, 3.63) is 54.1 Å². The standard InChI is InChI=1S/C13H9ClI2/c1-8-2-3-9(15)6-11(8)12-7-10(16)4-5-13(12)14/h2-7H,1H3. The largest absolute Gasteiger partial charge is 0.0837 e. The molecule has 0 saturated carbocycles. The van der Waals surface area contributed by atoms with Gasteiger partial charge in [0.05, 0.1) is 0 Å². The Morgan fingerprint density at radius 3 is 2.12 bits per heavy atom. The zero-order valence-electron chi connectivity index (χ0n) is 8.60. The van der Waals surface area contributed by atoms with Gasteiger partial charge in [-0.15, -0.1) is 0 Å². The van der Waals surface area contributed by atoms with Crippen LogP contribution in [-0.2, 0) is 0 Å². The number of halogens is 3. The van der Waals surface area contributed by atoms with Gasteiger partial charge >= 0.3 is 0 Å². The second-order valence-electron chi connectivity index (χ2n) is 3.58. The van der Waals surface area contributed by atoms with Crippen LogP contribution in [-0.4, -0.2) is 0 Å². The normalized spacial score (nSPS) is 10.5. The van der Waals surface area contributed by atoms with E-state index in [1.54, 1.807) is 0 Å². The first-order chi connectivity index (χ1) is 7.58. The first-order valence-electron chi connectivity index (χ1n) is 4.79. The number of rotatable bonds is 1. The van der Waals surface area contributed by atoms with E-state index in [4.69, 9.17) is 11.6 Å². The summed E-state index contributed by atoms with van der Waals surface area (Å²) in [4.78, 5) is 0. The molecule has 0 fully saturated rings. The molecule has 0 bridgehead atoms. The van der Waals surface area contributed by atoms with Gasteiger partial charge in [0, 0.05) is 17.7 Å². The van der Waals surface area contributed by atoms with Gasteiger partial charge in [-0.1, -0.05) is 17.7 Å². The van der Waals surface area contributed by atoms with Crippen molar-refractivity contribution < 1.29 is 0 Å². The molecule has 0 nitrogen and oxygen atoms in total. The summed E-state index contributed by atoms with van der Waals surface area (Å²) in [6, 6.07) is 12.5. The van der Waals surface area contributed by atoms with E-state index in [2.05, 4.69) is 76.4 Å². The third kappa shape index (κ3) is 2.71. The maximum Gasteiger partial charge on any atom is 0.0485 e. The lowest BCUT2D eigenvalue weighted by atomic mass is 10.0. The van der Waals surface area contributed by atoms with E-state index in [0.29, 0.717) is 0 Å². The Morgan fingerprint density at radius 2 is 1.44 bits per heavy atom. The number of hydrogen-bond acceptors (Lipinski definition) is 0. The number of aryl methyl sites for hydroxylation is 1. The van der Waals surface area contributed by atoms with Crippen LogP contribution in [0.1, 0.15) is 5.56 Å². The molecule has 0 amide bonds. The van der Waals surface area contributed by atoms with Crippen LogP contribution >= 0.6 is 56.8 Å². The molecule has 16 heavy (non-hydrogen) atoms. The highest BCUT2D eigenvalue weighted by atomic mass is 127. The summed E-state index contributed by atoms with van der Waals surface area (Å²) >= 11 is 10.9. The van der Waals surface area contributed by atoms with Crippen molar-refractivity contribution in [2.75, 3.05) is 0 Å². The van der Waals surface area contributed by atoms with Crippen molar-refractivity contribution >= 4 is 56.8 Å². The minimum absolute atomic E-state index is 0.811. The predicted molar refractivity (Wildman–Crippen MR) is 87.1 cm³/mol. The quantitative estimate of drug-likeness (QED) is 0.498. The summed E-state index contributed by atoms with van der Waals surface area (Å²) in [5, 5.41) is 0.811. The SMILES string of the molecule is Cc1ccc(I)cc1-c1cc(I)ccc1Cl. The smallest absolute Gasteiger partial charge is 0.0485 e. The Kier molecular flexibility index (Phi) is 4.13. The predicted octanol–water partition coefficient (Wildman–Crippen LogP) is 5.52. The molecule has 82 valence electrons. The van der Waals surface area contributed by atoms with Gasteiger partial charge in [0.15, 0.2) is 0 Å². The van der Waals surface area contributed by atoms with E-state index < -0.39 is 0 Å². The highest BCUT2D eigenvalue weighted by molar-refractivity contribution is 14.1. The van der Waals surface area contributed by atoms with Crippen LogP contribution in [0.25, 0.3) is 11.1 Å². The Bertz CT molecular complexity index is 486.